The topological polar surface area (TPSA) is 66.5 Å². The van der Waals surface area contributed by atoms with Gasteiger partial charge in [-0.15, -0.1) is 0 Å². The number of hydrogen-bond donors (Lipinski definition) is 1. The predicted molar refractivity (Wildman–Crippen MR) is 105 cm³/mol. The molecule has 1 aromatic carbocycles. The van der Waals surface area contributed by atoms with E-state index in [1.807, 2.05) is 12.1 Å². The van der Waals surface area contributed by atoms with Gasteiger partial charge in [-0.2, -0.15) is 0 Å². The molecule has 4 unspecified atom stereocenters. The number of halogens is 1. The summed E-state index contributed by atoms with van der Waals surface area (Å²) >= 11 is 6.13. The second-order valence-corrected chi connectivity index (χ2v) is 9.31. The van der Waals surface area contributed by atoms with Crippen molar-refractivity contribution in [2.24, 2.45) is 29.6 Å². The number of carbonyl (C=O) groups is 3. The molecule has 4 fully saturated rings. The number of imide groups is 1. The summed E-state index contributed by atoms with van der Waals surface area (Å²) in [6.07, 6.45) is 6.09. The molecule has 5 nitrogen and oxygen atoms in total. The van der Waals surface area contributed by atoms with Gasteiger partial charge in [0.1, 0.15) is 0 Å². The van der Waals surface area contributed by atoms with Crippen LogP contribution in [0.3, 0.4) is 0 Å². The number of para-hydroxylation sites is 1. The largest absolute Gasteiger partial charge is 0.325 e. The van der Waals surface area contributed by atoms with Crippen LogP contribution in [0.5, 0.6) is 0 Å². The van der Waals surface area contributed by atoms with Crippen LogP contribution in [0, 0.1) is 29.6 Å². The van der Waals surface area contributed by atoms with Crippen molar-refractivity contribution in [1.82, 2.24) is 4.90 Å². The Morgan fingerprint density at radius 1 is 0.929 bits per heavy atom. The lowest BCUT2D eigenvalue weighted by molar-refractivity contribution is -0.144. The first kappa shape index (κ1) is 18.2. The SMILES string of the molecule is O=C(Nc1ccccc1Cl)C1CCC(N2C(=O)C3C4CCC(C4)C3C2=O)CC1. The molecule has 1 saturated heterocycles. The van der Waals surface area contributed by atoms with Gasteiger partial charge in [0.15, 0.2) is 0 Å². The zero-order valence-corrected chi connectivity index (χ0v) is 16.5. The Bertz CT molecular complexity index is 805. The molecule has 4 aliphatic rings. The summed E-state index contributed by atoms with van der Waals surface area (Å²) in [5, 5.41) is 3.44. The second kappa shape index (κ2) is 6.87. The lowest BCUT2D eigenvalue weighted by Gasteiger charge is -2.33. The molecule has 1 aliphatic heterocycles. The summed E-state index contributed by atoms with van der Waals surface area (Å²) in [4.78, 5) is 40.2. The molecule has 148 valence electrons. The molecule has 5 rings (SSSR count). The molecule has 4 atom stereocenters. The molecule has 1 N–H and O–H groups in total. The summed E-state index contributed by atoms with van der Waals surface area (Å²) in [6.45, 7) is 0. The number of nitrogens with one attached hydrogen (secondary N) is 1. The number of carbonyl (C=O) groups excluding carboxylic acids is 3. The minimum absolute atomic E-state index is 0.0273. The van der Waals surface area contributed by atoms with Gasteiger partial charge < -0.3 is 5.32 Å². The van der Waals surface area contributed by atoms with Crippen molar-refractivity contribution in [3.63, 3.8) is 0 Å². The summed E-state index contributed by atoms with van der Waals surface area (Å²) in [6, 6.07) is 7.18. The lowest BCUT2D eigenvalue weighted by Crippen LogP contribution is -2.44. The highest BCUT2D eigenvalue weighted by Crippen LogP contribution is 2.56. The van der Waals surface area contributed by atoms with E-state index in [0.717, 1.165) is 19.3 Å². The highest BCUT2D eigenvalue weighted by Gasteiger charge is 2.61. The zero-order chi connectivity index (χ0) is 19.4. The van der Waals surface area contributed by atoms with Crippen LogP contribution in [0.4, 0.5) is 5.69 Å². The number of likely N-dealkylation sites (tertiary alicyclic amines) is 1. The first-order chi connectivity index (χ1) is 13.5. The van der Waals surface area contributed by atoms with E-state index in [9.17, 15) is 14.4 Å². The van der Waals surface area contributed by atoms with Gasteiger partial charge >= 0.3 is 0 Å². The van der Waals surface area contributed by atoms with E-state index < -0.39 is 0 Å². The van der Waals surface area contributed by atoms with Crippen LogP contribution < -0.4 is 5.32 Å². The third-order valence-electron chi connectivity index (χ3n) is 7.53. The normalized spacial score (nSPS) is 36.7. The van der Waals surface area contributed by atoms with Gasteiger partial charge in [0.2, 0.25) is 17.7 Å². The van der Waals surface area contributed by atoms with E-state index in [0.29, 0.717) is 48.2 Å². The Kier molecular flexibility index (Phi) is 4.46. The average molecular weight is 401 g/mol. The summed E-state index contributed by atoms with van der Waals surface area (Å²) in [7, 11) is 0. The van der Waals surface area contributed by atoms with Crippen molar-refractivity contribution in [2.45, 2.75) is 51.0 Å². The molecule has 1 heterocycles. The zero-order valence-electron chi connectivity index (χ0n) is 15.8. The Morgan fingerprint density at radius 2 is 1.54 bits per heavy atom. The lowest BCUT2D eigenvalue weighted by atomic mass is 9.81. The third-order valence-corrected chi connectivity index (χ3v) is 7.86. The van der Waals surface area contributed by atoms with E-state index in [4.69, 9.17) is 11.6 Å². The van der Waals surface area contributed by atoms with Crippen LogP contribution in [0.1, 0.15) is 44.9 Å². The van der Waals surface area contributed by atoms with Crippen LogP contribution in [-0.2, 0) is 14.4 Å². The van der Waals surface area contributed by atoms with Crippen molar-refractivity contribution in [3.05, 3.63) is 29.3 Å². The molecule has 1 aromatic rings. The maximum Gasteiger partial charge on any atom is 0.233 e. The predicted octanol–water partition coefficient (Wildman–Crippen LogP) is 3.87. The summed E-state index contributed by atoms with van der Waals surface area (Å²) in [5.74, 6) is 0.775. The van der Waals surface area contributed by atoms with Gasteiger partial charge in [-0.25, -0.2) is 0 Å². The highest BCUT2D eigenvalue weighted by molar-refractivity contribution is 6.33. The monoisotopic (exact) mass is 400 g/mol. The molecule has 3 saturated carbocycles. The Balaban J connectivity index is 1.22. The second-order valence-electron chi connectivity index (χ2n) is 8.91. The van der Waals surface area contributed by atoms with Crippen LogP contribution in [0.25, 0.3) is 0 Å². The van der Waals surface area contributed by atoms with Crippen LogP contribution in [0.15, 0.2) is 24.3 Å². The van der Waals surface area contributed by atoms with Crippen LogP contribution in [-0.4, -0.2) is 28.7 Å². The number of nitrogens with zero attached hydrogens (tertiary/aromatic N) is 1. The standard InChI is InChI=1S/C22H25ClN2O3/c23-16-3-1-2-4-17(16)24-20(26)12-7-9-15(10-8-12)25-21(27)18-13-5-6-14(11-13)19(18)22(25)28/h1-4,12-15,18-19H,5-11H2,(H,24,26). The molecule has 3 amide bonds. The number of benzene rings is 1. The minimum atomic E-state index is -0.101. The maximum atomic E-state index is 13.0. The van der Waals surface area contributed by atoms with Crippen molar-refractivity contribution >= 4 is 35.0 Å². The van der Waals surface area contributed by atoms with Gasteiger partial charge in [0, 0.05) is 12.0 Å². The Labute approximate surface area is 169 Å². The summed E-state index contributed by atoms with van der Waals surface area (Å²) in [5.41, 5.74) is 0.629. The number of amides is 3. The molecule has 3 aliphatic carbocycles. The average Bonchev–Trinajstić information content (AvgIpc) is 3.38. The smallest absolute Gasteiger partial charge is 0.233 e. The van der Waals surface area contributed by atoms with Crippen LogP contribution in [0.2, 0.25) is 5.02 Å². The van der Waals surface area contributed by atoms with E-state index >= 15 is 0 Å². The van der Waals surface area contributed by atoms with E-state index in [1.165, 1.54) is 0 Å². The summed E-state index contributed by atoms with van der Waals surface area (Å²) < 4.78 is 0. The van der Waals surface area contributed by atoms with Gasteiger partial charge in [-0.1, -0.05) is 23.7 Å². The van der Waals surface area contributed by atoms with E-state index in [2.05, 4.69) is 5.32 Å². The number of fused-ring (bicyclic) bond motifs is 5. The minimum Gasteiger partial charge on any atom is -0.325 e. The van der Waals surface area contributed by atoms with Crippen LogP contribution >= 0.6 is 11.6 Å². The van der Waals surface area contributed by atoms with Gasteiger partial charge in [-0.05, 0) is 68.9 Å². The van der Waals surface area contributed by atoms with Gasteiger partial charge in [0.05, 0.1) is 22.5 Å². The molecule has 0 radical (unpaired) electrons. The Hall–Kier alpha value is -1.88. The molecular formula is C22H25ClN2O3. The van der Waals surface area contributed by atoms with Crippen molar-refractivity contribution in [1.29, 1.82) is 0 Å². The molecule has 0 spiro atoms. The Morgan fingerprint density at radius 3 is 2.14 bits per heavy atom. The van der Waals surface area contributed by atoms with Crippen molar-refractivity contribution in [2.75, 3.05) is 5.32 Å². The van der Waals surface area contributed by atoms with E-state index in [1.54, 1.807) is 17.0 Å². The number of rotatable bonds is 3. The molecule has 6 heteroatoms. The third kappa shape index (κ3) is 2.78. The maximum absolute atomic E-state index is 13.0. The molecule has 0 aromatic heterocycles. The van der Waals surface area contributed by atoms with Gasteiger partial charge in [-0.3, -0.25) is 19.3 Å². The first-order valence-electron chi connectivity index (χ1n) is 10.5. The fraction of sp³-hybridized carbons (Fsp3) is 0.591. The fourth-order valence-electron chi connectivity index (χ4n) is 6.19. The van der Waals surface area contributed by atoms with Crippen molar-refractivity contribution < 1.29 is 14.4 Å². The van der Waals surface area contributed by atoms with Gasteiger partial charge in [0.25, 0.3) is 0 Å². The molecular weight excluding hydrogens is 376 g/mol. The molecule has 2 bridgehead atoms. The quantitative estimate of drug-likeness (QED) is 0.783. The van der Waals surface area contributed by atoms with Crippen molar-refractivity contribution in [3.8, 4) is 0 Å². The molecule has 28 heavy (non-hydrogen) atoms. The van der Waals surface area contributed by atoms with E-state index in [-0.39, 0.29) is 41.5 Å². The fourth-order valence-corrected chi connectivity index (χ4v) is 6.37. The number of hydrogen-bond acceptors (Lipinski definition) is 3. The highest BCUT2D eigenvalue weighted by atomic mass is 35.5. The first-order valence-corrected chi connectivity index (χ1v) is 10.8. The number of anilines is 1.